The van der Waals surface area contributed by atoms with Crippen molar-refractivity contribution in [3.8, 4) is 17.2 Å². The molecule has 11 heavy (non-hydrogen) atoms. The molecule has 1 aromatic rings. The standard InChI is InChI=1S/C7H7NO3/c8-4-1-2-5(9)7-6(4)10-3-11-7/h1-2,9H,3,8H2. The molecule has 0 unspecified atom stereocenters. The maximum Gasteiger partial charge on any atom is 0.231 e. The summed E-state index contributed by atoms with van der Waals surface area (Å²) in [5.41, 5.74) is 6.01. The van der Waals surface area contributed by atoms with Gasteiger partial charge in [-0.1, -0.05) is 0 Å². The number of phenols is 1. The highest BCUT2D eigenvalue weighted by Crippen LogP contribution is 2.43. The Kier molecular flexibility index (Phi) is 1.09. The van der Waals surface area contributed by atoms with Gasteiger partial charge < -0.3 is 20.3 Å². The van der Waals surface area contributed by atoms with E-state index in [1.807, 2.05) is 0 Å². The largest absolute Gasteiger partial charge is 0.504 e. The summed E-state index contributed by atoms with van der Waals surface area (Å²) in [5, 5.41) is 9.20. The summed E-state index contributed by atoms with van der Waals surface area (Å²) in [7, 11) is 0. The van der Waals surface area contributed by atoms with Crippen molar-refractivity contribution in [1.82, 2.24) is 0 Å². The van der Waals surface area contributed by atoms with Crippen LogP contribution in [-0.2, 0) is 0 Å². The molecule has 0 aliphatic carbocycles. The number of benzene rings is 1. The Hall–Kier alpha value is -1.58. The number of hydrogen-bond acceptors (Lipinski definition) is 4. The van der Waals surface area contributed by atoms with E-state index in [9.17, 15) is 5.11 Å². The molecule has 0 aromatic heterocycles. The van der Waals surface area contributed by atoms with Gasteiger partial charge >= 0.3 is 0 Å². The molecule has 0 amide bonds. The smallest absolute Gasteiger partial charge is 0.231 e. The van der Waals surface area contributed by atoms with Gasteiger partial charge in [0.1, 0.15) is 0 Å². The zero-order chi connectivity index (χ0) is 7.84. The van der Waals surface area contributed by atoms with E-state index in [1.54, 1.807) is 6.07 Å². The van der Waals surface area contributed by atoms with E-state index in [1.165, 1.54) is 6.07 Å². The number of ether oxygens (including phenoxy) is 2. The molecular weight excluding hydrogens is 146 g/mol. The number of phenolic OH excluding ortho intramolecular Hbond substituents is 1. The summed E-state index contributed by atoms with van der Waals surface area (Å²) in [5.74, 6) is 0.835. The van der Waals surface area contributed by atoms with Crippen LogP contribution < -0.4 is 15.2 Å². The van der Waals surface area contributed by atoms with Crippen molar-refractivity contribution in [2.24, 2.45) is 0 Å². The third kappa shape index (κ3) is 0.756. The van der Waals surface area contributed by atoms with E-state index in [4.69, 9.17) is 15.2 Å². The van der Waals surface area contributed by atoms with E-state index >= 15 is 0 Å². The summed E-state index contributed by atoms with van der Waals surface area (Å²) in [6.45, 7) is 0.122. The summed E-state index contributed by atoms with van der Waals surface area (Å²) in [6, 6.07) is 3.05. The fraction of sp³-hybridized carbons (Fsp3) is 0.143. The Labute approximate surface area is 63.2 Å². The molecule has 58 valence electrons. The topological polar surface area (TPSA) is 64.7 Å². The van der Waals surface area contributed by atoms with Crippen molar-refractivity contribution in [2.75, 3.05) is 12.5 Å². The lowest BCUT2D eigenvalue weighted by Gasteiger charge is -2.00. The first-order valence-corrected chi connectivity index (χ1v) is 3.16. The summed E-state index contributed by atoms with van der Waals surface area (Å²) >= 11 is 0. The highest BCUT2D eigenvalue weighted by atomic mass is 16.7. The van der Waals surface area contributed by atoms with Crippen molar-refractivity contribution in [2.45, 2.75) is 0 Å². The van der Waals surface area contributed by atoms with Gasteiger partial charge in [-0.3, -0.25) is 0 Å². The molecule has 0 bridgehead atoms. The third-order valence-electron chi connectivity index (χ3n) is 1.53. The lowest BCUT2D eigenvalue weighted by molar-refractivity contribution is 0.172. The first kappa shape index (κ1) is 6.15. The zero-order valence-electron chi connectivity index (χ0n) is 5.70. The molecule has 2 rings (SSSR count). The van der Waals surface area contributed by atoms with Gasteiger partial charge in [-0.2, -0.15) is 0 Å². The monoisotopic (exact) mass is 153 g/mol. The van der Waals surface area contributed by atoms with Crippen molar-refractivity contribution >= 4 is 5.69 Å². The lowest BCUT2D eigenvalue weighted by atomic mass is 10.2. The molecule has 0 fully saturated rings. The van der Waals surface area contributed by atoms with E-state index in [-0.39, 0.29) is 12.5 Å². The quantitative estimate of drug-likeness (QED) is 0.425. The van der Waals surface area contributed by atoms with Crippen LogP contribution in [0.25, 0.3) is 0 Å². The van der Waals surface area contributed by atoms with Crippen LogP contribution in [0.2, 0.25) is 0 Å². The van der Waals surface area contributed by atoms with Crippen LogP contribution in [0.3, 0.4) is 0 Å². The first-order chi connectivity index (χ1) is 5.29. The molecule has 0 radical (unpaired) electrons. The number of aromatic hydroxyl groups is 1. The number of fused-ring (bicyclic) bond motifs is 1. The molecule has 1 aliphatic heterocycles. The van der Waals surface area contributed by atoms with Gasteiger partial charge in [-0.05, 0) is 12.1 Å². The van der Waals surface area contributed by atoms with E-state index in [2.05, 4.69) is 0 Å². The minimum atomic E-state index is 0.0618. The van der Waals surface area contributed by atoms with Crippen LogP contribution in [0.15, 0.2) is 12.1 Å². The Morgan fingerprint density at radius 2 is 2.00 bits per heavy atom. The fourth-order valence-corrected chi connectivity index (χ4v) is 1.00. The normalized spacial score (nSPS) is 13.5. The fourth-order valence-electron chi connectivity index (χ4n) is 1.00. The van der Waals surface area contributed by atoms with E-state index in [0.717, 1.165) is 0 Å². The molecule has 3 N–H and O–H groups in total. The Morgan fingerprint density at radius 1 is 1.27 bits per heavy atom. The number of rotatable bonds is 0. The highest BCUT2D eigenvalue weighted by molar-refractivity contribution is 5.66. The van der Waals surface area contributed by atoms with Crippen LogP contribution in [0.4, 0.5) is 5.69 Å². The maximum absolute atomic E-state index is 9.20. The average Bonchev–Trinajstić information content (AvgIpc) is 2.45. The van der Waals surface area contributed by atoms with Gasteiger partial charge in [0.25, 0.3) is 0 Å². The predicted octanol–water partition coefficient (Wildman–Crippen LogP) is 0.703. The Bertz CT molecular complexity index is 269. The van der Waals surface area contributed by atoms with Crippen LogP contribution in [-0.4, -0.2) is 11.9 Å². The van der Waals surface area contributed by atoms with Crippen LogP contribution in [0, 0.1) is 0 Å². The first-order valence-electron chi connectivity index (χ1n) is 3.16. The van der Waals surface area contributed by atoms with Gasteiger partial charge in [-0.15, -0.1) is 0 Å². The zero-order valence-corrected chi connectivity index (χ0v) is 5.70. The number of nitrogens with two attached hydrogens (primary N) is 1. The van der Waals surface area contributed by atoms with Crippen LogP contribution in [0.5, 0.6) is 17.2 Å². The van der Waals surface area contributed by atoms with Crippen LogP contribution >= 0.6 is 0 Å². The number of hydrogen-bond donors (Lipinski definition) is 2. The van der Waals surface area contributed by atoms with Gasteiger partial charge in [0.15, 0.2) is 11.5 Å². The van der Waals surface area contributed by atoms with Crippen molar-refractivity contribution in [3.63, 3.8) is 0 Å². The average molecular weight is 153 g/mol. The number of nitrogen functional groups attached to an aromatic ring is 1. The van der Waals surface area contributed by atoms with Crippen molar-refractivity contribution in [1.29, 1.82) is 0 Å². The Balaban J connectivity index is 2.64. The molecule has 1 aromatic carbocycles. The minimum absolute atomic E-state index is 0.0618. The SMILES string of the molecule is Nc1ccc(O)c2c1OCO2. The lowest BCUT2D eigenvalue weighted by Crippen LogP contribution is -1.94. The van der Waals surface area contributed by atoms with E-state index < -0.39 is 0 Å². The van der Waals surface area contributed by atoms with Crippen molar-refractivity contribution < 1.29 is 14.6 Å². The highest BCUT2D eigenvalue weighted by Gasteiger charge is 2.19. The predicted molar refractivity (Wildman–Crippen MR) is 38.6 cm³/mol. The van der Waals surface area contributed by atoms with Gasteiger partial charge in [0, 0.05) is 0 Å². The molecule has 4 nitrogen and oxygen atoms in total. The summed E-state index contributed by atoms with van der Waals surface area (Å²) in [4.78, 5) is 0. The molecule has 0 spiro atoms. The molecule has 1 aliphatic rings. The Morgan fingerprint density at radius 3 is 2.73 bits per heavy atom. The second-order valence-corrected chi connectivity index (χ2v) is 2.24. The van der Waals surface area contributed by atoms with Gasteiger partial charge in [0.2, 0.25) is 12.5 Å². The maximum atomic E-state index is 9.20. The van der Waals surface area contributed by atoms with Gasteiger partial charge in [-0.25, -0.2) is 0 Å². The van der Waals surface area contributed by atoms with E-state index in [0.29, 0.717) is 17.2 Å². The van der Waals surface area contributed by atoms with Gasteiger partial charge in [0.05, 0.1) is 5.69 Å². The van der Waals surface area contributed by atoms with Crippen LogP contribution in [0.1, 0.15) is 0 Å². The molecule has 0 saturated carbocycles. The molecule has 4 heteroatoms. The number of anilines is 1. The molecule has 0 atom stereocenters. The summed E-state index contributed by atoms with van der Waals surface area (Å²) in [6.07, 6.45) is 0. The second kappa shape index (κ2) is 1.95. The minimum Gasteiger partial charge on any atom is -0.504 e. The van der Waals surface area contributed by atoms with Crippen molar-refractivity contribution in [3.05, 3.63) is 12.1 Å². The molecular formula is C7H7NO3. The second-order valence-electron chi connectivity index (χ2n) is 2.24. The molecule has 1 heterocycles. The summed E-state index contributed by atoms with van der Waals surface area (Å²) < 4.78 is 9.96. The molecule has 0 saturated heterocycles. The third-order valence-corrected chi connectivity index (χ3v) is 1.53.